The van der Waals surface area contributed by atoms with E-state index in [1.165, 1.54) is 108 Å². The molecule has 0 aromatic heterocycles. The van der Waals surface area contributed by atoms with Crippen molar-refractivity contribution in [2.24, 2.45) is 5.92 Å². The molecule has 0 spiro atoms. The van der Waals surface area contributed by atoms with Crippen LogP contribution in [0.1, 0.15) is 136 Å². The third kappa shape index (κ3) is 32.6. The molecule has 4 nitrogen and oxygen atoms in total. The van der Waals surface area contributed by atoms with Gasteiger partial charge in [-0.15, -0.1) is 0 Å². The van der Waals surface area contributed by atoms with Gasteiger partial charge in [0.25, 0.3) is 0 Å². The van der Waals surface area contributed by atoms with Crippen molar-refractivity contribution in [1.29, 1.82) is 0 Å². The quantitative estimate of drug-likeness (QED) is 0.0831. The maximum Gasteiger partial charge on any atom is 0.330 e. The van der Waals surface area contributed by atoms with E-state index in [4.69, 9.17) is 9.47 Å². The lowest BCUT2D eigenvalue weighted by Gasteiger charge is -2.04. The first-order valence-corrected chi connectivity index (χ1v) is 14.1. The van der Waals surface area contributed by atoms with Crippen LogP contribution in [-0.2, 0) is 19.1 Å². The Morgan fingerprint density at radius 3 is 1.24 bits per heavy atom. The summed E-state index contributed by atoms with van der Waals surface area (Å²) >= 11 is 0. The Kier molecular flexibility index (Phi) is 30.0. The van der Waals surface area contributed by atoms with E-state index in [9.17, 15) is 9.59 Å². The summed E-state index contributed by atoms with van der Waals surface area (Å²) in [4.78, 5) is 21.5. The summed E-state index contributed by atoms with van der Waals surface area (Å²) in [6.45, 7) is 14.6. The predicted octanol–water partition coefficient (Wildman–Crippen LogP) is 9.13. The second-order valence-corrected chi connectivity index (χ2v) is 9.58. The largest absolute Gasteiger partial charge is 0.463 e. The van der Waals surface area contributed by atoms with E-state index in [0.717, 1.165) is 25.2 Å². The highest BCUT2D eigenvalue weighted by Crippen LogP contribution is 2.12. The Hall–Kier alpha value is -1.58. The van der Waals surface area contributed by atoms with E-state index in [-0.39, 0.29) is 11.9 Å². The highest BCUT2D eigenvalue weighted by molar-refractivity contribution is 5.81. The van der Waals surface area contributed by atoms with Gasteiger partial charge in [-0.1, -0.05) is 137 Å². The van der Waals surface area contributed by atoms with Gasteiger partial charge in [0.1, 0.15) is 0 Å². The molecule has 0 unspecified atom stereocenters. The van der Waals surface area contributed by atoms with Crippen LogP contribution >= 0.6 is 0 Å². The van der Waals surface area contributed by atoms with Crippen molar-refractivity contribution in [1.82, 2.24) is 0 Å². The fourth-order valence-corrected chi connectivity index (χ4v) is 3.59. The molecule has 0 N–H and O–H groups in total. The molecule has 0 bridgehead atoms. The minimum absolute atomic E-state index is 0.303. The van der Waals surface area contributed by atoms with Gasteiger partial charge in [0.2, 0.25) is 0 Å². The van der Waals surface area contributed by atoms with E-state index in [1.54, 1.807) is 0 Å². The van der Waals surface area contributed by atoms with Crippen LogP contribution in [0.5, 0.6) is 0 Å². The second kappa shape index (κ2) is 29.5. The number of ether oxygens (including phenoxy) is 2. The van der Waals surface area contributed by atoms with Gasteiger partial charge in [0.05, 0.1) is 13.2 Å². The van der Waals surface area contributed by atoms with Gasteiger partial charge in [-0.05, 0) is 18.8 Å². The molecule has 4 heteroatoms. The number of esters is 2. The summed E-state index contributed by atoms with van der Waals surface area (Å²) < 4.78 is 9.80. The average molecular weight is 481 g/mol. The van der Waals surface area contributed by atoms with Gasteiger partial charge in [0.15, 0.2) is 0 Å². The van der Waals surface area contributed by atoms with Gasteiger partial charge in [-0.25, -0.2) is 9.59 Å². The van der Waals surface area contributed by atoms with Crippen LogP contribution in [0.3, 0.4) is 0 Å². The minimum Gasteiger partial charge on any atom is -0.463 e. The molecule has 0 amide bonds. The molecule has 0 rings (SSSR count). The first-order chi connectivity index (χ1) is 16.5. The molecule has 0 saturated carbocycles. The van der Waals surface area contributed by atoms with Gasteiger partial charge in [-0.2, -0.15) is 0 Å². The van der Waals surface area contributed by atoms with Gasteiger partial charge in [0, 0.05) is 12.2 Å². The number of unbranched alkanes of at least 4 members (excludes halogenated alkanes) is 15. The number of carbonyl (C=O) groups excluding carboxylic acids is 2. The summed E-state index contributed by atoms with van der Waals surface area (Å²) in [7, 11) is 0. The number of hydrogen-bond donors (Lipinski definition) is 0. The molecule has 0 aromatic carbocycles. The molecular weight excluding hydrogens is 424 g/mol. The lowest BCUT2D eigenvalue weighted by atomic mass is 10.0. The molecule has 0 aliphatic heterocycles. The van der Waals surface area contributed by atoms with Gasteiger partial charge in [-0.3, -0.25) is 0 Å². The molecule has 0 aliphatic rings. The molecule has 0 aromatic rings. The van der Waals surface area contributed by atoms with E-state index in [2.05, 4.69) is 33.9 Å². The van der Waals surface area contributed by atoms with Crippen LogP contribution in [0.2, 0.25) is 0 Å². The standard InChI is InChI=1S/C17H32O2.C13H24O2/c1-3-5-6-7-8-9-10-11-12-13-14-15-16-19-17(18)4-2;1-4-13(14)15-11-9-7-5-6-8-10-12(2)3/h4H,2-3,5-16H2,1H3;4,12H,1,5-11H2,2-3H3. The fourth-order valence-electron chi connectivity index (χ4n) is 3.59. The third-order valence-corrected chi connectivity index (χ3v) is 5.75. The molecule has 0 radical (unpaired) electrons. The summed E-state index contributed by atoms with van der Waals surface area (Å²) in [5.74, 6) is 0.205. The van der Waals surface area contributed by atoms with Gasteiger partial charge >= 0.3 is 11.9 Å². The highest BCUT2D eigenvalue weighted by atomic mass is 16.5. The Morgan fingerprint density at radius 2 is 0.912 bits per heavy atom. The zero-order chi connectivity index (χ0) is 25.7. The fraction of sp³-hybridized carbons (Fsp3) is 0.800. The second-order valence-electron chi connectivity index (χ2n) is 9.58. The smallest absolute Gasteiger partial charge is 0.330 e. The summed E-state index contributed by atoms with van der Waals surface area (Å²) in [5.41, 5.74) is 0. The van der Waals surface area contributed by atoms with E-state index >= 15 is 0 Å². The first-order valence-electron chi connectivity index (χ1n) is 14.1. The monoisotopic (exact) mass is 480 g/mol. The van der Waals surface area contributed by atoms with Crippen molar-refractivity contribution in [2.75, 3.05) is 13.2 Å². The van der Waals surface area contributed by atoms with E-state index in [1.807, 2.05) is 0 Å². The van der Waals surface area contributed by atoms with Crippen LogP contribution in [-0.4, -0.2) is 25.2 Å². The molecule has 34 heavy (non-hydrogen) atoms. The summed E-state index contributed by atoms with van der Waals surface area (Å²) in [6.07, 6.45) is 25.6. The molecular formula is C30H56O4. The Morgan fingerprint density at radius 1 is 0.588 bits per heavy atom. The zero-order valence-corrected chi connectivity index (χ0v) is 22.9. The number of rotatable bonds is 23. The maximum atomic E-state index is 10.8. The minimum atomic E-state index is -0.310. The SMILES string of the molecule is C=CC(=O)OCCCCCCCC(C)C.C=CC(=O)OCCCCCCCCCCCCCC. The number of carbonyl (C=O) groups is 2. The van der Waals surface area contributed by atoms with Crippen molar-refractivity contribution in [3.05, 3.63) is 25.3 Å². The van der Waals surface area contributed by atoms with E-state index in [0.29, 0.717) is 13.2 Å². The average Bonchev–Trinajstić information content (AvgIpc) is 2.83. The normalized spacial score (nSPS) is 10.4. The maximum absolute atomic E-state index is 10.8. The highest BCUT2D eigenvalue weighted by Gasteiger charge is 1.97. The molecule has 0 aliphatic carbocycles. The molecule has 0 atom stereocenters. The number of hydrogen-bond acceptors (Lipinski definition) is 4. The molecule has 0 heterocycles. The summed E-state index contributed by atoms with van der Waals surface area (Å²) in [6, 6.07) is 0. The first kappa shape index (κ1) is 34.6. The Labute approximate surface area is 211 Å². The molecule has 200 valence electrons. The third-order valence-electron chi connectivity index (χ3n) is 5.75. The van der Waals surface area contributed by atoms with Crippen LogP contribution in [0.15, 0.2) is 25.3 Å². The topological polar surface area (TPSA) is 52.6 Å². The predicted molar refractivity (Wildman–Crippen MR) is 146 cm³/mol. The van der Waals surface area contributed by atoms with Crippen LogP contribution in [0.4, 0.5) is 0 Å². The van der Waals surface area contributed by atoms with Gasteiger partial charge < -0.3 is 9.47 Å². The summed E-state index contributed by atoms with van der Waals surface area (Å²) in [5, 5.41) is 0. The van der Waals surface area contributed by atoms with Crippen LogP contribution in [0.25, 0.3) is 0 Å². The van der Waals surface area contributed by atoms with Crippen LogP contribution < -0.4 is 0 Å². The zero-order valence-electron chi connectivity index (χ0n) is 22.9. The molecule has 0 saturated heterocycles. The van der Waals surface area contributed by atoms with Crippen molar-refractivity contribution in [3.63, 3.8) is 0 Å². The Balaban J connectivity index is 0. The van der Waals surface area contributed by atoms with Crippen LogP contribution in [0, 0.1) is 5.92 Å². The van der Waals surface area contributed by atoms with Crippen molar-refractivity contribution in [2.45, 2.75) is 136 Å². The lowest BCUT2D eigenvalue weighted by molar-refractivity contribution is -0.138. The van der Waals surface area contributed by atoms with Crippen molar-refractivity contribution >= 4 is 11.9 Å². The molecule has 0 fully saturated rings. The lowest BCUT2D eigenvalue weighted by Crippen LogP contribution is -2.01. The van der Waals surface area contributed by atoms with Crippen molar-refractivity contribution < 1.29 is 19.1 Å². The van der Waals surface area contributed by atoms with E-state index < -0.39 is 0 Å². The Bertz CT molecular complexity index is 470. The van der Waals surface area contributed by atoms with Crippen molar-refractivity contribution in [3.8, 4) is 0 Å².